The standard InChI is InChI=1S/C29H28ClN3O4/c1-37-27-7-3-6-23-20(27)14-24(33-23)26(35)12-18(10-16-8-9-16)29(36)32-19(15-31)13-21-25(34)11-17-4-2-5-22(30)28(17)21/h2-7,14,16,18-19,21,33H,8-13H2,1H3,(H,32,36). The van der Waals surface area contributed by atoms with Crippen molar-refractivity contribution in [1.82, 2.24) is 10.3 Å². The molecule has 0 bridgehead atoms. The number of halogens is 1. The number of hydrogen-bond donors (Lipinski definition) is 2. The third kappa shape index (κ3) is 5.26. The van der Waals surface area contributed by atoms with Crippen LogP contribution in [0.1, 0.15) is 59.6 Å². The van der Waals surface area contributed by atoms with Crippen LogP contribution in [-0.2, 0) is 16.0 Å². The average Bonchev–Trinajstić information content (AvgIpc) is 3.49. The monoisotopic (exact) mass is 517 g/mol. The molecule has 0 spiro atoms. The number of carbonyl (C=O) groups is 3. The maximum Gasteiger partial charge on any atom is 0.224 e. The third-order valence-corrected chi connectivity index (χ3v) is 7.78. The summed E-state index contributed by atoms with van der Waals surface area (Å²) < 4.78 is 5.39. The first-order valence-corrected chi connectivity index (χ1v) is 12.9. The van der Waals surface area contributed by atoms with Gasteiger partial charge in [-0.1, -0.05) is 42.6 Å². The SMILES string of the molecule is COc1cccc2[nH]c(C(=O)CC(CC3CC3)C(=O)NC(C#N)CC3C(=O)Cc4cccc(Cl)c43)cc12. The van der Waals surface area contributed by atoms with Gasteiger partial charge in [-0.25, -0.2) is 0 Å². The molecular weight excluding hydrogens is 490 g/mol. The first kappa shape index (κ1) is 25.0. The van der Waals surface area contributed by atoms with Gasteiger partial charge in [-0.15, -0.1) is 0 Å². The molecule has 2 N–H and O–H groups in total. The molecular formula is C29H28ClN3O4. The number of H-pyrrole nitrogens is 1. The van der Waals surface area contributed by atoms with Crippen molar-refractivity contribution in [3.05, 3.63) is 64.3 Å². The fourth-order valence-electron chi connectivity index (χ4n) is 5.34. The Kier molecular flexibility index (Phi) is 7.03. The summed E-state index contributed by atoms with van der Waals surface area (Å²) in [6.45, 7) is 0. The molecule has 3 unspecified atom stereocenters. The van der Waals surface area contributed by atoms with Gasteiger partial charge in [-0.2, -0.15) is 5.26 Å². The van der Waals surface area contributed by atoms with E-state index in [4.69, 9.17) is 16.3 Å². The van der Waals surface area contributed by atoms with E-state index in [1.165, 1.54) is 0 Å². The van der Waals surface area contributed by atoms with Crippen molar-refractivity contribution >= 4 is 40.0 Å². The summed E-state index contributed by atoms with van der Waals surface area (Å²) in [5.74, 6) is -0.507. The molecule has 2 aliphatic rings. The van der Waals surface area contributed by atoms with Crippen LogP contribution in [0.25, 0.3) is 10.9 Å². The maximum absolute atomic E-state index is 13.3. The van der Waals surface area contributed by atoms with Crippen LogP contribution >= 0.6 is 11.6 Å². The molecule has 3 atom stereocenters. The minimum atomic E-state index is -0.863. The van der Waals surface area contributed by atoms with Crippen molar-refractivity contribution < 1.29 is 19.1 Å². The van der Waals surface area contributed by atoms with Crippen molar-refractivity contribution in [2.75, 3.05) is 7.11 Å². The topological polar surface area (TPSA) is 112 Å². The number of Topliss-reactive ketones (excluding diaryl/α,β-unsaturated/α-hetero) is 2. The Morgan fingerprint density at radius 2 is 2.00 bits per heavy atom. The highest BCUT2D eigenvalue weighted by Gasteiger charge is 2.36. The number of fused-ring (bicyclic) bond motifs is 2. The Morgan fingerprint density at radius 1 is 1.22 bits per heavy atom. The highest BCUT2D eigenvalue weighted by molar-refractivity contribution is 6.32. The second-order valence-corrected chi connectivity index (χ2v) is 10.4. The largest absolute Gasteiger partial charge is 0.496 e. The third-order valence-electron chi connectivity index (χ3n) is 7.45. The zero-order valence-electron chi connectivity index (χ0n) is 20.6. The summed E-state index contributed by atoms with van der Waals surface area (Å²) in [6.07, 6.45) is 3.14. The van der Waals surface area contributed by atoms with Gasteiger partial charge < -0.3 is 15.0 Å². The lowest BCUT2D eigenvalue weighted by molar-refractivity contribution is -0.126. The first-order valence-electron chi connectivity index (χ1n) is 12.6. The van der Waals surface area contributed by atoms with E-state index in [9.17, 15) is 19.6 Å². The Bertz CT molecular complexity index is 1420. The zero-order chi connectivity index (χ0) is 26.1. The van der Waals surface area contributed by atoms with Gasteiger partial charge >= 0.3 is 0 Å². The predicted octanol–water partition coefficient (Wildman–Crippen LogP) is 5.13. The number of hydrogen-bond acceptors (Lipinski definition) is 5. The van der Waals surface area contributed by atoms with Gasteiger partial charge in [0.2, 0.25) is 5.91 Å². The highest BCUT2D eigenvalue weighted by atomic mass is 35.5. The molecule has 190 valence electrons. The first-order chi connectivity index (χ1) is 17.9. The van der Waals surface area contributed by atoms with Crippen LogP contribution in [0.2, 0.25) is 5.02 Å². The number of carbonyl (C=O) groups excluding carboxylic acids is 3. The van der Waals surface area contributed by atoms with Crippen LogP contribution in [-0.4, -0.2) is 35.6 Å². The molecule has 37 heavy (non-hydrogen) atoms. The molecule has 0 radical (unpaired) electrons. The van der Waals surface area contributed by atoms with Crippen molar-refractivity contribution in [2.24, 2.45) is 11.8 Å². The van der Waals surface area contributed by atoms with E-state index < -0.39 is 17.9 Å². The molecule has 1 fully saturated rings. The van der Waals surface area contributed by atoms with Crippen molar-refractivity contribution in [2.45, 2.75) is 50.5 Å². The van der Waals surface area contributed by atoms with Crippen LogP contribution in [0.3, 0.4) is 0 Å². The van der Waals surface area contributed by atoms with E-state index in [-0.39, 0.29) is 36.7 Å². The summed E-state index contributed by atoms with van der Waals surface area (Å²) in [5.41, 5.74) is 2.84. The number of ketones is 2. The Hall–Kier alpha value is -3.63. The lowest BCUT2D eigenvalue weighted by Gasteiger charge is -2.21. The summed E-state index contributed by atoms with van der Waals surface area (Å²) in [6, 6.07) is 14.0. The number of nitriles is 1. The van der Waals surface area contributed by atoms with E-state index >= 15 is 0 Å². The van der Waals surface area contributed by atoms with E-state index in [2.05, 4.69) is 16.4 Å². The number of nitrogens with one attached hydrogen (secondary N) is 2. The number of methoxy groups -OCH3 is 1. The second-order valence-electron chi connectivity index (χ2n) is 10.0. The predicted molar refractivity (Wildman–Crippen MR) is 140 cm³/mol. The summed E-state index contributed by atoms with van der Waals surface area (Å²) in [7, 11) is 1.58. The molecule has 0 saturated heterocycles. The van der Waals surface area contributed by atoms with Gasteiger partial charge in [-0.05, 0) is 54.2 Å². The molecule has 0 aliphatic heterocycles. The minimum absolute atomic E-state index is 0.00320. The molecule has 2 aliphatic carbocycles. The van der Waals surface area contributed by atoms with E-state index in [0.29, 0.717) is 28.8 Å². The normalized spacial score (nSPS) is 18.2. The fourth-order valence-corrected chi connectivity index (χ4v) is 5.67. The van der Waals surface area contributed by atoms with E-state index in [0.717, 1.165) is 34.9 Å². The van der Waals surface area contributed by atoms with Crippen molar-refractivity contribution in [1.29, 1.82) is 5.26 Å². The van der Waals surface area contributed by atoms with Crippen LogP contribution in [0.4, 0.5) is 0 Å². The Balaban J connectivity index is 1.30. The minimum Gasteiger partial charge on any atom is -0.496 e. The second kappa shape index (κ2) is 10.4. The quantitative estimate of drug-likeness (QED) is 0.362. The van der Waals surface area contributed by atoms with Gasteiger partial charge in [-0.3, -0.25) is 14.4 Å². The van der Waals surface area contributed by atoms with Crippen LogP contribution in [0.5, 0.6) is 5.75 Å². The Labute approximate surface area is 220 Å². The van der Waals surface area contributed by atoms with Crippen LogP contribution < -0.4 is 10.1 Å². The molecule has 1 aromatic heterocycles. The number of aromatic amines is 1. The van der Waals surface area contributed by atoms with E-state index in [1.807, 2.05) is 30.3 Å². The number of nitrogens with zero attached hydrogens (tertiary/aromatic N) is 1. The number of rotatable bonds is 10. The van der Waals surface area contributed by atoms with Gasteiger partial charge in [0.1, 0.15) is 17.6 Å². The highest BCUT2D eigenvalue weighted by Crippen LogP contribution is 2.39. The lowest BCUT2D eigenvalue weighted by Crippen LogP contribution is -2.40. The lowest BCUT2D eigenvalue weighted by atomic mass is 9.91. The Morgan fingerprint density at radius 3 is 2.73 bits per heavy atom. The van der Waals surface area contributed by atoms with Crippen molar-refractivity contribution in [3.63, 3.8) is 0 Å². The van der Waals surface area contributed by atoms with Crippen LogP contribution in [0.15, 0.2) is 42.5 Å². The number of benzene rings is 2. The maximum atomic E-state index is 13.3. The van der Waals surface area contributed by atoms with Gasteiger partial charge in [0.15, 0.2) is 5.78 Å². The molecule has 1 heterocycles. The molecule has 8 heteroatoms. The number of aromatic nitrogens is 1. The smallest absolute Gasteiger partial charge is 0.224 e. The van der Waals surface area contributed by atoms with Crippen LogP contribution in [0, 0.1) is 23.2 Å². The summed E-state index contributed by atoms with van der Waals surface area (Å²) in [4.78, 5) is 42.4. The van der Waals surface area contributed by atoms with Crippen molar-refractivity contribution in [3.8, 4) is 11.8 Å². The van der Waals surface area contributed by atoms with E-state index in [1.54, 1.807) is 19.2 Å². The average molecular weight is 518 g/mol. The molecule has 1 amide bonds. The zero-order valence-corrected chi connectivity index (χ0v) is 21.3. The van der Waals surface area contributed by atoms with Gasteiger partial charge in [0, 0.05) is 40.6 Å². The summed E-state index contributed by atoms with van der Waals surface area (Å²) >= 11 is 6.37. The van der Waals surface area contributed by atoms with Gasteiger partial charge in [0.25, 0.3) is 0 Å². The number of ether oxygens (including phenoxy) is 1. The summed E-state index contributed by atoms with van der Waals surface area (Å²) in [5, 5.41) is 13.9. The molecule has 5 rings (SSSR count). The molecule has 1 saturated carbocycles. The molecule has 2 aromatic carbocycles. The number of amides is 1. The van der Waals surface area contributed by atoms with Gasteiger partial charge in [0.05, 0.1) is 18.9 Å². The molecule has 7 nitrogen and oxygen atoms in total. The fraction of sp³-hybridized carbons (Fsp3) is 0.379. The molecule has 3 aromatic rings.